The van der Waals surface area contributed by atoms with Gasteiger partial charge in [0.2, 0.25) is 5.82 Å². The highest BCUT2D eigenvalue weighted by Gasteiger charge is 2.18. The number of phenolic OH excluding ortho intramolecular Hbond substituents is 1. The number of aromatic hydroxyl groups is 1. The van der Waals surface area contributed by atoms with Crippen LogP contribution in [0.25, 0.3) is 0 Å². The van der Waals surface area contributed by atoms with Crippen molar-refractivity contribution in [1.29, 1.82) is 0 Å². The van der Waals surface area contributed by atoms with E-state index in [4.69, 9.17) is 0 Å². The number of nitro groups is 1. The third-order valence-electron chi connectivity index (χ3n) is 2.56. The molecule has 0 spiro atoms. The van der Waals surface area contributed by atoms with Crippen LogP contribution in [-0.4, -0.2) is 15.9 Å². The van der Waals surface area contributed by atoms with Gasteiger partial charge in [0.1, 0.15) is 5.75 Å². The number of amides is 1. The lowest BCUT2D eigenvalue weighted by molar-refractivity contribution is -0.387. The number of hydrogen-bond donors (Lipinski definition) is 2. The molecule has 2 N–H and O–H groups in total. The van der Waals surface area contributed by atoms with E-state index in [1.54, 1.807) is 12.1 Å². The molecule has 0 saturated carbocycles. The van der Waals surface area contributed by atoms with Crippen molar-refractivity contribution in [2.75, 3.05) is 5.32 Å². The van der Waals surface area contributed by atoms with Gasteiger partial charge >= 0.3 is 5.69 Å². The van der Waals surface area contributed by atoms with Crippen LogP contribution < -0.4 is 5.32 Å². The van der Waals surface area contributed by atoms with Gasteiger partial charge in [0, 0.05) is 11.6 Å². The molecule has 7 heteroatoms. The molecule has 2 rings (SSSR count). The minimum absolute atomic E-state index is 0.0821. The molecule has 0 aliphatic heterocycles. The van der Waals surface area contributed by atoms with Gasteiger partial charge in [-0.05, 0) is 24.3 Å². The Balaban J connectivity index is 2.28. The Kier molecular flexibility index (Phi) is 3.60. The zero-order valence-corrected chi connectivity index (χ0v) is 10.0. The molecule has 0 fully saturated rings. The van der Waals surface area contributed by atoms with Crippen molar-refractivity contribution in [2.45, 2.75) is 0 Å². The summed E-state index contributed by atoms with van der Waals surface area (Å²) in [6, 6.07) is 8.82. The first-order valence-electron chi connectivity index (χ1n) is 5.52. The number of phenols is 1. The summed E-state index contributed by atoms with van der Waals surface area (Å²) in [5, 5.41) is 22.5. The molecule has 2 aromatic rings. The van der Waals surface area contributed by atoms with Crippen LogP contribution in [0.2, 0.25) is 0 Å². The van der Waals surface area contributed by atoms with E-state index in [1.807, 2.05) is 0 Å². The molecule has 0 aliphatic rings. The van der Waals surface area contributed by atoms with Gasteiger partial charge in [0.25, 0.3) is 5.91 Å². The monoisotopic (exact) mass is 276 g/mol. The van der Waals surface area contributed by atoms with Crippen molar-refractivity contribution in [3.05, 3.63) is 64.0 Å². The van der Waals surface area contributed by atoms with E-state index in [1.165, 1.54) is 12.1 Å². The number of para-hydroxylation sites is 2. The summed E-state index contributed by atoms with van der Waals surface area (Å²) in [7, 11) is 0. The van der Waals surface area contributed by atoms with Crippen LogP contribution in [-0.2, 0) is 0 Å². The van der Waals surface area contributed by atoms with Gasteiger partial charge < -0.3 is 10.4 Å². The van der Waals surface area contributed by atoms with E-state index in [9.17, 15) is 24.4 Å². The number of rotatable bonds is 3. The average Bonchev–Trinajstić information content (AvgIpc) is 2.41. The van der Waals surface area contributed by atoms with E-state index >= 15 is 0 Å². The van der Waals surface area contributed by atoms with Crippen molar-refractivity contribution >= 4 is 17.3 Å². The number of carbonyl (C=O) groups excluding carboxylic acids is 1. The summed E-state index contributed by atoms with van der Waals surface area (Å²) in [6.45, 7) is 0. The van der Waals surface area contributed by atoms with Crippen LogP contribution in [0.4, 0.5) is 15.8 Å². The average molecular weight is 276 g/mol. The van der Waals surface area contributed by atoms with Gasteiger partial charge in [-0.1, -0.05) is 12.1 Å². The molecule has 0 radical (unpaired) electrons. The van der Waals surface area contributed by atoms with Crippen LogP contribution in [0.5, 0.6) is 5.75 Å². The number of halogens is 1. The van der Waals surface area contributed by atoms with Crippen molar-refractivity contribution in [3.63, 3.8) is 0 Å². The lowest BCUT2D eigenvalue weighted by Crippen LogP contribution is -2.12. The second kappa shape index (κ2) is 5.35. The Morgan fingerprint density at radius 3 is 2.60 bits per heavy atom. The van der Waals surface area contributed by atoms with Crippen molar-refractivity contribution < 1.29 is 19.2 Å². The Morgan fingerprint density at radius 2 is 1.95 bits per heavy atom. The maximum Gasteiger partial charge on any atom is 0.305 e. The number of nitro benzene ring substituents is 1. The standard InChI is InChI=1S/C13H9FN2O4/c14-9-6-5-8(7-11(9)16(19)20)13(18)15-10-3-1-2-4-12(10)17/h1-7,17H,(H,15,18). The summed E-state index contributed by atoms with van der Waals surface area (Å²) in [5.74, 6) is -1.85. The molecule has 0 aliphatic carbocycles. The fourth-order valence-electron chi connectivity index (χ4n) is 1.57. The predicted molar refractivity (Wildman–Crippen MR) is 69.1 cm³/mol. The number of hydrogen-bond acceptors (Lipinski definition) is 4. The topological polar surface area (TPSA) is 92.5 Å². The SMILES string of the molecule is O=C(Nc1ccccc1O)c1ccc(F)c([N+](=O)[O-])c1. The second-order valence-corrected chi connectivity index (χ2v) is 3.89. The van der Waals surface area contributed by atoms with E-state index in [0.717, 1.165) is 18.2 Å². The Bertz CT molecular complexity index is 688. The van der Waals surface area contributed by atoms with Gasteiger partial charge in [-0.2, -0.15) is 4.39 Å². The zero-order valence-electron chi connectivity index (χ0n) is 10.0. The van der Waals surface area contributed by atoms with E-state index in [2.05, 4.69) is 5.32 Å². The highest BCUT2D eigenvalue weighted by molar-refractivity contribution is 6.05. The molecular formula is C13H9FN2O4. The van der Waals surface area contributed by atoms with Crippen molar-refractivity contribution in [1.82, 2.24) is 0 Å². The number of nitrogens with one attached hydrogen (secondary N) is 1. The Morgan fingerprint density at radius 1 is 1.25 bits per heavy atom. The van der Waals surface area contributed by atoms with Crippen LogP contribution >= 0.6 is 0 Å². The first-order chi connectivity index (χ1) is 9.49. The lowest BCUT2D eigenvalue weighted by atomic mass is 10.1. The molecule has 6 nitrogen and oxygen atoms in total. The first-order valence-corrected chi connectivity index (χ1v) is 5.52. The molecule has 102 valence electrons. The second-order valence-electron chi connectivity index (χ2n) is 3.89. The molecule has 20 heavy (non-hydrogen) atoms. The van der Waals surface area contributed by atoms with Gasteiger partial charge in [-0.15, -0.1) is 0 Å². The van der Waals surface area contributed by atoms with E-state index in [-0.39, 0.29) is 17.0 Å². The normalized spacial score (nSPS) is 10.1. The highest BCUT2D eigenvalue weighted by Crippen LogP contribution is 2.23. The molecule has 0 saturated heterocycles. The quantitative estimate of drug-likeness (QED) is 0.512. The van der Waals surface area contributed by atoms with Crippen molar-refractivity contribution in [3.8, 4) is 5.75 Å². The summed E-state index contributed by atoms with van der Waals surface area (Å²) >= 11 is 0. The lowest BCUT2D eigenvalue weighted by Gasteiger charge is -2.07. The van der Waals surface area contributed by atoms with Crippen LogP contribution in [0.1, 0.15) is 10.4 Å². The van der Waals surface area contributed by atoms with Gasteiger partial charge in [-0.3, -0.25) is 14.9 Å². The molecule has 2 aromatic carbocycles. The van der Waals surface area contributed by atoms with Gasteiger partial charge in [-0.25, -0.2) is 0 Å². The van der Waals surface area contributed by atoms with Crippen LogP contribution in [0.15, 0.2) is 42.5 Å². The third kappa shape index (κ3) is 2.72. The molecule has 0 aromatic heterocycles. The molecule has 1 amide bonds. The first kappa shape index (κ1) is 13.5. The number of nitrogens with zero attached hydrogens (tertiary/aromatic N) is 1. The third-order valence-corrected chi connectivity index (χ3v) is 2.56. The van der Waals surface area contributed by atoms with Crippen LogP contribution in [0, 0.1) is 15.9 Å². The van der Waals surface area contributed by atoms with E-state index < -0.39 is 22.3 Å². The maximum atomic E-state index is 13.2. The summed E-state index contributed by atoms with van der Waals surface area (Å²) in [6.07, 6.45) is 0. The maximum absolute atomic E-state index is 13.2. The largest absolute Gasteiger partial charge is 0.506 e. The van der Waals surface area contributed by atoms with E-state index in [0.29, 0.717) is 0 Å². The molecule has 0 unspecified atom stereocenters. The predicted octanol–water partition coefficient (Wildman–Crippen LogP) is 2.69. The molecular weight excluding hydrogens is 267 g/mol. The fraction of sp³-hybridized carbons (Fsp3) is 0. The van der Waals surface area contributed by atoms with Crippen LogP contribution in [0.3, 0.4) is 0 Å². The van der Waals surface area contributed by atoms with Gasteiger partial charge in [0.15, 0.2) is 0 Å². The number of carbonyl (C=O) groups is 1. The molecule has 0 heterocycles. The molecule has 0 atom stereocenters. The van der Waals surface area contributed by atoms with Crippen molar-refractivity contribution in [2.24, 2.45) is 0 Å². The summed E-state index contributed by atoms with van der Waals surface area (Å²) in [4.78, 5) is 21.6. The number of benzene rings is 2. The Hall–Kier alpha value is -2.96. The Labute approximate surface area is 112 Å². The molecule has 0 bridgehead atoms. The number of anilines is 1. The minimum atomic E-state index is -1.02. The summed E-state index contributed by atoms with van der Waals surface area (Å²) < 4.78 is 13.2. The van der Waals surface area contributed by atoms with Gasteiger partial charge in [0.05, 0.1) is 10.6 Å². The zero-order chi connectivity index (χ0) is 14.7. The fourth-order valence-corrected chi connectivity index (χ4v) is 1.57. The smallest absolute Gasteiger partial charge is 0.305 e. The minimum Gasteiger partial charge on any atom is -0.506 e. The highest BCUT2D eigenvalue weighted by atomic mass is 19.1. The summed E-state index contributed by atoms with van der Waals surface area (Å²) in [5.41, 5.74) is -0.708.